The maximum absolute atomic E-state index is 10.2. The first-order chi connectivity index (χ1) is 8.71. The van der Waals surface area contributed by atoms with E-state index in [0.717, 1.165) is 5.56 Å². The Balaban J connectivity index is 3.16. The highest BCUT2D eigenvalue weighted by Crippen LogP contribution is 2.47. The molecule has 1 aromatic carbocycles. The van der Waals surface area contributed by atoms with Crippen molar-refractivity contribution in [3.8, 4) is 5.75 Å². The molecule has 0 saturated carbocycles. The van der Waals surface area contributed by atoms with Crippen LogP contribution in [0.25, 0.3) is 0 Å². The van der Waals surface area contributed by atoms with Crippen molar-refractivity contribution in [3.63, 3.8) is 0 Å². The lowest BCUT2D eigenvalue weighted by Crippen LogP contribution is -2.38. The van der Waals surface area contributed by atoms with E-state index in [9.17, 15) is 5.11 Å². The van der Waals surface area contributed by atoms with Crippen LogP contribution in [-0.2, 0) is 5.41 Å². The lowest BCUT2D eigenvalue weighted by atomic mass is 9.61. The van der Waals surface area contributed by atoms with Gasteiger partial charge >= 0.3 is 0 Å². The normalized spacial score (nSPS) is 14.4. The topological polar surface area (TPSA) is 20.2 Å². The zero-order chi connectivity index (χ0) is 14.7. The predicted molar refractivity (Wildman–Crippen MR) is 83.6 cm³/mol. The van der Waals surface area contributed by atoms with Crippen LogP contribution in [0.4, 0.5) is 0 Å². The molecule has 0 spiro atoms. The summed E-state index contributed by atoms with van der Waals surface area (Å²) >= 11 is 0. The summed E-state index contributed by atoms with van der Waals surface area (Å²) in [6.07, 6.45) is 3.68. The van der Waals surface area contributed by atoms with Crippen LogP contribution < -0.4 is 0 Å². The average molecular weight is 262 g/mol. The summed E-state index contributed by atoms with van der Waals surface area (Å²) < 4.78 is 0. The van der Waals surface area contributed by atoms with E-state index in [1.807, 2.05) is 12.1 Å². The molecule has 0 saturated heterocycles. The molecule has 19 heavy (non-hydrogen) atoms. The van der Waals surface area contributed by atoms with Gasteiger partial charge in [-0.3, -0.25) is 0 Å². The minimum absolute atomic E-state index is 0.0151. The van der Waals surface area contributed by atoms with Gasteiger partial charge in [0.1, 0.15) is 5.75 Å². The molecular weight excluding hydrogens is 232 g/mol. The molecule has 1 rings (SSSR count). The maximum Gasteiger partial charge on any atom is 0.119 e. The van der Waals surface area contributed by atoms with Gasteiger partial charge in [-0.2, -0.15) is 0 Å². The number of phenols is 1. The van der Waals surface area contributed by atoms with Gasteiger partial charge in [0.2, 0.25) is 0 Å². The maximum atomic E-state index is 10.2. The molecule has 0 fully saturated rings. The van der Waals surface area contributed by atoms with Crippen LogP contribution in [0.15, 0.2) is 24.3 Å². The first kappa shape index (κ1) is 16.1. The molecule has 0 aliphatic carbocycles. The Hall–Kier alpha value is -0.980. The van der Waals surface area contributed by atoms with Crippen LogP contribution in [0.5, 0.6) is 5.75 Å². The summed E-state index contributed by atoms with van der Waals surface area (Å²) in [6, 6.07) is 7.79. The van der Waals surface area contributed by atoms with Crippen LogP contribution in [0.2, 0.25) is 0 Å². The monoisotopic (exact) mass is 262 g/mol. The molecule has 1 unspecified atom stereocenters. The number of benzene rings is 1. The molecule has 0 aliphatic rings. The van der Waals surface area contributed by atoms with Crippen molar-refractivity contribution < 1.29 is 5.11 Å². The molecule has 0 aliphatic heterocycles. The minimum atomic E-state index is -0.0151. The van der Waals surface area contributed by atoms with Crippen molar-refractivity contribution in [2.24, 2.45) is 11.3 Å². The van der Waals surface area contributed by atoms with Gasteiger partial charge in [0.25, 0.3) is 0 Å². The van der Waals surface area contributed by atoms with Gasteiger partial charge in [0, 0.05) is 0 Å². The zero-order valence-electron chi connectivity index (χ0n) is 13.5. The zero-order valence-corrected chi connectivity index (χ0v) is 13.5. The first-order valence-electron chi connectivity index (χ1n) is 7.49. The van der Waals surface area contributed by atoms with Gasteiger partial charge < -0.3 is 5.11 Å². The second kappa shape index (κ2) is 5.98. The molecule has 1 aromatic rings. The van der Waals surface area contributed by atoms with E-state index in [1.165, 1.54) is 19.3 Å². The van der Waals surface area contributed by atoms with Crippen LogP contribution in [-0.4, -0.2) is 5.11 Å². The molecule has 0 aromatic heterocycles. The van der Waals surface area contributed by atoms with Gasteiger partial charge in [-0.25, -0.2) is 0 Å². The molecule has 0 radical (unpaired) electrons. The molecule has 108 valence electrons. The van der Waals surface area contributed by atoms with Gasteiger partial charge in [-0.1, -0.05) is 72.6 Å². The second-order valence-electron chi connectivity index (χ2n) is 7.30. The summed E-state index contributed by atoms with van der Waals surface area (Å²) in [5.41, 5.74) is 1.30. The predicted octanol–water partition coefficient (Wildman–Crippen LogP) is 5.52. The summed E-state index contributed by atoms with van der Waals surface area (Å²) in [6.45, 7) is 13.7. The van der Waals surface area contributed by atoms with Crippen molar-refractivity contribution in [1.82, 2.24) is 0 Å². The lowest BCUT2D eigenvalue weighted by molar-refractivity contribution is 0.130. The number of para-hydroxylation sites is 1. The summed E-state index contributed by atoms with van der Waals surface area (Å²) in [4.78, 5) is 0. The highest BCUT2D eigenvalue weighted by atomic mass is 16.3. The standard InChI is InChI=1S/C18H30O/c1-7-8-13-16(17(2,3)4)18(5,6)14-11-9-10-12-15(14)19/h9-12,16,19H,7-8,13H2,1-6H3. The van der Waals surface area contributed by atoms with E-state index in [0.29, 0.717) is 11.7 Å². The van der Waals surface area contributed by atoms with E-state index >= 15 is 0 Å². The quantitative estimate of drug-likeness (QED) is 0.740. The third-order valence-electron chi connectivity index (χ3n) is 4.36. The van der Waals surface area contributed by atoms with E-state index in [1.54, 1.807) is 6.07 Å². The molecular formula is C18H30O. The van der Waals surface area contributed by atoms with Gasteiger partial charge in [-0.05, 0) is 34.8 Å². The fourth-order valence-electron chi connectivity index (χ4n) is 3.49. The lowest BCUT2D eigenvalue weighted by Gasteiger charge is -2.43. The number of hydrogen-bond donors (Lipinski definition) is 1. The van der Waals surface area contributed by atoms with Gasteiger partial charge in [-0.15, -0.1) is 0 Å². The third kappa shape index (κ3) is 3.75. The Morgan fingerprint density at radius 2 is 1.63 bits per heavy atom. The van der Waals surface area contributed by atoms with E-state index in [-0.39, 0.29) is 10.8 Å². The van der Waals surface area contributed by atoms with Gasteiger partial charge in [0.15, 0.2) is 0 Å². The number of phenolic OH excluding ortho intramolecular Hbond substituents is 1. The first-order valence-corrected chi connectivity index (χ1v) is 7.49. The molecule has 1 nitrogen and oxygen atoms in total. The summed E-state index contributed by atoms with van der Waals surface area (Å²) in [5.74, 6) is 0.978. The third-order valence-corrected chi connectivity index (χ3v) is 4.36. The molecule has 1 heteroatoms. The Kier molecular flexibility index (Phi) is 5.06. The molecule has 0 heterocycles. The second-order valence-corrected chi connectivity index (χ2v) is 7.30. The Morgan fingerprint density at radius 3 is 2.11 bits per heavy atom. The highest BCUT2D eigenvalue weighted by Gasteiger charge is 2.39. The van der Waals surface area contributed by atoms with Crippen molar-refractivity contribution >= 4 is 0 Å². The summed E-state index contributed by atoms with van der Waals surface area (Å²) in [5, 5.41) is 10.2. The Morgan fingerprint density at radius 1 is 1.05 bits per heavy atom. The SMILES string of the molecule is CCCCC(C(C)(C)C)C(C)(C)c1ccccc1O. The number of unbranched alkanes of at least 4 members (excludes halogenated alkanes) is 1. The van der Waals surface area contributed by atoms with Crippen molar-refractivity contribution in [1.29, 1.82) is 0 Å². The van der Waals surface area contributed by atoms with Crippen molar-refractivity contribution in [2.75, 3.05) is 0 Å². The average Bonchev–Trinajstić information content (AvgIpc) is 2.27. The highest BCUT2D eigenvalue weighted by molar-refractivity contribution is 5.38. The van der Waals surface area contributed by atoms with Crippen LogP contribution >= 0.6 is 0 Å². The van der Waals surface area contributed by atoms with Crippen LogP contribution in [0.3, 0.4) is 0 Å². The Labute approximate surface area is 119 Å². The number of hydrogen-bond acceptors (Lipinski definition) is 1. The molecule has 0 amide bonds. The van der Waals surface area contributed by atoms with E-state index in [2.05, 4.69) is 47.6 Å². The van der Waals surface area contributed by atoms with Crippen LogP contribution in [0, 0.1) is 11.3 Å². The summed E-state index contributed by atoms with van der Waals surface area (Å²) in [7, 11) is 0. The smallest absolute Gasteiger partial charge is 0.119 e. The van der Waals surface area contributed by atoms with Crippen molar-refractivity contribution in [2.45, 2.75) is 66.2 Å². The largest absolute Gasteiger partial charge is 0.508 e. The minimum Gasteiger partial charge on any atom is -0.508 e. The van der Waals surface area contributed by atoms with E-state index < -0.39 is 0 Å². The number of aromatic hydroxyl groups is 1. The molecule has 1 atom stereocenters. The number of rotatable bonds is 5. The molecule has 1 N–H and O–H groups in total. The Bertz CT molecular complexity index is 398. The van der Waals surface area contributed by atoms with E-state index in [4.69, 9.17) is 0 Å². The van der Waals surface area contributed by atoms with Gasteiger partial charge in [0.05, 0.1) is 0 Å². The van der Waals surface area contributed by atoms with Crippen LogP contribution in [0.1, 0.15) is 66.4 Å². The molecule has 0 bridgehead atoms. The fraction of sp³-hybridized carbons (Fsp3) is 0.667. The fourth-order valence-corrected chi connectivity index (χ4v) is 3.49. The van der Waals surface area contributed by atoms with Crippen molar-refractivity contribution in [3.05, 3.63) is 29.8 Å².